The quantitative estimate of drug-likeness (QED) is 0.906. The minimum Gasteiger partial charge on any atom is -0.373 e. The van der Waals surface area contributed by atoms with Gasteiger partial charge in [-0.1, -0.05) is 41.4 Å². The second kappa shape index (κ2) is 7.34. The van der Waals surface area contributed by atoms with Crippen molar-refractivity contribution in [2.75, 3.05) is 25.0 Å². The van der Waals surface area contributed by atoms with Gasteiger partial charge in [0.15, 0.2) is 0 Å². The van der Waals surface area contributed by atoms with Crippen LogP contribution in [0.3, 0.4) is 0 Å². The average molecular weight is 323 g/mol. The minimum absolute atomic E-state index is 0.157. The summed E-state index contributed by atoms with van der Waals surface area (Å²) in [5, 5.41) is 3.69. The first kappa shape index (κ1) is 15.7. The standard InChI is InChI=1S/C16H16Cl2N2O/c1-20(13-5-3-2-4-6-13)10-9-19-16(21)12-7-8-14(17)15(18)11-12/h2-8,11H,9-10H2,1H3,(H,19,21). The van der Waals surface area contributed by atoms with Crippen LogP contribution in [0.4, 0.5) is 5.69 Å². The summed E-state index contributed by atoms with van der Waals surface area (Å²) >= 11 is 11.7. The Morgan fingerprint density at radius 3 is 2.48 bits per heavy atom. The fourth-order valence-electron chi connectivity index (χ4n) is 1.89. The maximum Gasteiger partial charge on any atom is 0.251 e. The Morgan fingerprint density at radius 1 is 1.10 bits per heavy atom. The number of rotatable bonds is 5. The molecule has 0 heterocycles. The maximum atomic E-state index is 12.0. The number of hydrogen-bond acceptors (Lipinski definition) is 2. The largest absolute Gasteiger partial charge is 0.373 e. The number of benzene rings is 2. The Labute approximate surface area is 134 Å². The highest BCUT2D eigenvalue weighted by atomic mass is 35.5. The number of hydrogen-bond donors (Lipinski definition) is 1. The van der Waals surface area contributed by atoms with Crippen molar-refractivity contribution < 1.29 is 4.79 Å². The Bertz CT molecular complexity index is 617. The molecular weight excluding hydrogens is 307 g/mol. The molecule has 21 heavy (non-hydrogen) atoms. The van der Waals surface area contributed by atoms with Crippen molar-refractivity contribution in [3.8, 4) is 0 Å². The first-order chi connectivity index (χ1) is 10.1. The highest BCUT2D eigenvalue weighted by molar-refractivity contribution is 6.42. The van der Waals surface area contributed by atoms with E-state index in [0.717, 1.165) is 12.2 Å². The molecule has 0 bridgehead atoms. The molecule has 0 atom stereocenters. The molecule has 3 nitrogen and oxygen atoms in total. The Kier molecular flexibility index (Phi) is 5.48. The van der Waals surface area contributed by atoms with Gasteiger partial charge in [0.05, 0.1) is 10.0 Å². The number of halogens is 2. The number of nitrogens with one attached hydrogen (secondary N) is 1. The molecule has 0 saturated heterocycles. The molecule has 5 heteroatoms. The predicted molar refractivity (Wildman–Crippen MR) is 88.5 cm³/mol. The van der Waals surface area contributed by atoms with Crippen LogP contribution >= 0.6 is 23.2 Å². The molecule has 2 rings (SSSR count). The van der Waals surface area contributed by atoms with Crippen molar-refractivity contribution >= 4 is 34.8 Å². The smallest absolute Gasteiger partial charge is 0.251 e. The zero-order valence-corrected chi connectivity index (χ0v) is 13.2. The Hall–Kier alpha value is -1.71. The van der Waals surface area contributed by atoms with E-state index in [1.807, 2.05) is 37.4 Å². The first-order valence-electron chi connectivity index (χ1n) is 6.57. The molecule has 0 radical (unpaired) electrons. The van der Waals surface area contributed by atoms with E-state index in [1.165, 1.54) is 0 Å². The monoisotopic (exact) mass is 322 g/mol. The zero-order chi connectivity index (χ0) is 15.2. The molecule has 0 aliphatic carbocycles. The van der Waals surface area contributed by atoms with Crippen LogP contribution in [-0.2, 0) is 0 Å². The summed E-state index contributed by atoms with van der Waals surface area (Å²) in [6.45, 7) is 1.27. The van der Waals surface area contributed by atoms with Crippen molar-refractivity contribution in [2.24, 2.45) is 0 Å². The lowest BCUT2D eigenvalue weighted by molar-refractivity contribution is 0.0955. The van der Waals surface area contributed by atoms with E-state index in [2.05, 4.69) is 10.2 Å². The van der Waals surface area contributed by atoms with Crippen LogP contribution < -0.4 is 10.2 Å². The van der Waals surface area contributed by atoms with Gasteiger partial charge in [0.25, 0.3) is 5.91 Å². The maximum absolute atomic E-state index is 12.0. The summed E-state index contributed by atoms with van der Waals surface area (Å²) in [4.78, 5) is 14.1. The van der Waals surface area contributed by atoms with Gasteiger partial charge in [-0.3, -0.25) is 4.79 Å². The molecule has 2 aromatic carbocycles. The molecule has 0 aliphatic heterocycles. The zero-order valence-electron chi connectivity index (χ0n) is 11.6. The number of amides is 1. The van der Waals surface area contributed by atoms with Gasteiger partial charge >= 0.3 is 0 Å². The van der Waals surface area contributed by atoms with Crippen LogP contribution in [0.25, 0.3) is 0 Å². The number of nitrogens with zero attached hydrogens (tertiary/aromatic N) is 1. The fraction of sp³-hybridized carbons (Fsp3) is 0.188. The van der Waals surface area contributed by atoms with Crippen LogP contribution in [0.2, 0.25) is 10.0 Å². The van der Waals surface area contributed by atoms with Crippen molar-refractivity contribution in [1.29, 1.82) is 0 Å². The molecule has 2 aromatic rings. The molecule has 0 spiro atoms. The van der Waals surface area contributed by atoms with Crippen LogP contribution in [0.5, 0.6) is 0 Å². The molecule has 0 aromatic heterocycles. The second-order valence-electron chi connectivity index (χ2n) is 4.64. The topological polar surface area (TPSA) is 32.3 Å². The third-order valence-electron chi connectivity index (χ3n) is 3.11. The lowest BCUT2D eigenvalue weighted by Crippen LogP contribution is -2.32. The van der Waals surface area contributed by atoms with Crippen LogP contribution in [-0.4, -0.2) is 26.0 Å². The van der Waals surface area contributed by atoms with E-state index in [9.17, 15) is 4.79 Å². The van der Waals surface area contributed by atoms with Gasteiger partial charge in [0.2, 0.25) is 0 Å². The number of carbonyl (C=O) groups excluding carboxylic acids is 1. The molecule has 1 amide bonds. The van der Waals surface area contributed by atoms with E-state index < -0.39 is 0 Å². The molecule has 0 unspecified atom stereocenters. The third-order valence-corrected chi connectivity index (χ3v) is 3.85. The molecule has 0 fully saturated rings. The summed E-state index contributed by atoms with van der Waals surface area (Å²) in [6, 6.07) is 14.9. The SMILES string of the molecule is CN(CCNC(=O)c1ccc(Cl)c(Cl)c1)c1ccccc1. The van der Waals surface area contributed by atoms with Crippen LogP contribution in [0, 0.1) is 0 Å². The van der Waals surface area contributed by atoms with Crippen molar-refractivity contribution in [1.82, 2.24) is 5.32 Å². The summed E-state index contributed by atoms with van der Waals surface area (Å²) < 4.78 is 0. The Morgan fingerprint density at radius 2 is 1.81 bits per heavy atom. The van der Waals surface area contributed by atoms with Gasteiger partial charge in [-0.2, -0.15) is 0 Å². The average Bonchev–Trinajstić information content (AvgIpc) is 2.50. The molecule has 1 N–H and O–H groups in total. The summed E-state index contributed by atoms with van der Waals surface area (Å²) in [5.74, 6) is -0.157. The van der Waals surface area contributed by atoms with Crippen LogP contribution in [0.15, 0.2) is 48.5 Å². The van der Waals surface area contributed by atoms with E-state index in [1.54, 1.807) is 18.2 Å². The third kappa shape index (κ3) is 4.38. The van der Waals surface area contributed by atoms with E-state index >= 15 is 0 Å². The van der Waals surface area contributed by atoms with Gasteiger partial charge in [0, 0.05) is 31.4 Å². The number of para-hydroxylation sites is 1. The molecular formula is C16H16Cl2N2O. The summed E-state index contributed by atoms with van der Waals surface area (Å²) in [7, 11) is 1.99. The van der Waals surface area contributed by atoms with Crippen molar-refractivity contribution in [3.63, 3.8) is 0 Å². The Balaban J connectivity index is 1.85. The lowest BCUT2D eigenvalue weighted by atomic mass is 10.2. The van der Waals surface area contributed by atoms with Gasteiger partial charge < -0.3 is 10.2 Å². The van der Waals surface area contributed by atoms with Gasteiger partial charge in [-0.25, -0.2) is 0 Å². The van der Waals surface area contributed by atoms with Gasteiger partial charge in [-0.15, -0.1) is 0 Å². The van der Waals surface area contributed by atoms with Crippen LogP contribution in [0.1, 0.15) is 10.4 Å². The van der Waals surface area contributed by atoms with E-state index in [-0.39, 0.29) is 5.91 Å². The van der Waals surface area contributed by atoms with Gasteiger partial charge in [0.1, 0.15) is 0 Å². The lowest BCUT2D eigenvalue weighted by Gasteiger charge is -2.19. The highest BCUT2D eigenvalue weighted by Gasteiger charge is 2.08. The predicted octanol–water partition coefficient (Wildman–Crippen LogP) is 3.86. The number of carbonyl (C=O) groups is 1. The molecule has 110 valence electrons. The highest BCUT2D eigenvalue weighted by Crippen LogP contribution is 2.22. The van der Waals surface area contributed by atoms with Crippen molar-refractivity contribution in [3.05, 3.63) is 64.1 Å². The van der Waals surface area contributed by atoms with E-state index in [0.29, 0.717) is 22.2 Å². The van der Waals surface area contributed by atoms with Crippen molar-refractivity contribution in [2.45, 2.75) is 0 Å². The summed E-state index contributed by atoms with van der Waals surface area (Å²) in [6.07, 6.45) is 0. The molecule has 0 aliphatic rings. The molecule has 0 saturated carbocycles. The van der Waals surface area contributed by atoms with E-state index in [4.69, 9.17) is 23.2 Å². The number of likely N-dealkylation sites (N-methyl/N-ethyl adjacent to an activating group) is 1. The second-order valence-corrected chi connectivity index (χ2v) is 5.46. The van der Waals surface area contributed by atoms with Gasteiger partial charge in [-0.05, 0) is 30.3 Å². The normalized spacial score (nSPS) is 10.2. The minimum atomic E-state index is -0.157. The first-order valence-corrected chi connectivity index (χ1v) is 7.33. The fourth-order valence-corrected chi connectivity index (χ4v) is 2.19. The summed E-state index contributed by atoms with van der Waals surface area (Å²) in [5.41, 5.74) is 1.62. The number of anilines is 1.